The van der Waals surface area contributed by atoms with Gasteiger partial charge in [-0.2, -0.15) is 0 Å². The smallest absolute Gasteiger partial charge is 0.307 e. The number of aromatic nitrogens is 2. The number of carbonyl (C=O) groups excluding carboxylic acids is 1. The summed E-state index contributed by atoms with van der Waals surface area (Å²) in [4.78, 5) is 20.2. The van der Waals surface area contributed by atoms with Crippen molar-refractivity contribution < 1.29 is 9.53 Å². The molecule has 0 aliphatic rings. The van der Waals surface area contributed by atoms with E-state index in [9.17, 15) is 4.79 Å². The molecule has 0 saturated carbocycles. The van der Waals surface area contributed by atoms with E-state index in [2.05, 4.69) is 15.3 Å². The number of ether oxygens (including phenoxy) is 1. The van der Waals surface area contributed by atoms with Gasteiger partial charge in [0.05, 0.1) is 18.4 Å². The number of esters is 1. The highest BCUT2D eigenvalue weighted by atomic mass is 35.5. The van der Waals surface area contributed by atoms with Gasteiger partial charge in [0, 0.05) is 6.54 Å². The third-order valence-electron chi connectivity index (χ3n) is 2.22. The van der Waals surface area contributed by atoms with Gasteiger partial charge in [0.25, 0.3) is 0 Å². The number of nitrogens with zero attached hydrogens (tertiary/aromatic N) is 2. The summed E-state index contributed by atoms with van der Waals surface area (Å²) >= 11 is 7.32. The van der Waals surface area contributed by atoms with Crippen LogP contribution in [-0.2, 0) is 9.53 Å². The van der Waals surface area contributed by atoms with Crippen LogP contribution >= 0.6 is 22.9 Å². The minimum Gasteiger partial charge on any atom is -0.466 e. The second-order valence-corrected chi connectivity index (χ2v) is 4.70. The first-order valence-electron chi connectivity index (χ1n) is 5.51. The van der Waals surface area contributed by atoms with E-state index in [0.717, 1.165) is 10.2 Å². The first kappa shape index (κ1) is 13.0. The SMILES string of the molecule is CCOC(=O)CCNc1nc(Cl)nc2sccc12. The van der Waals surface area contributed by atoms with Crippen molar-refractivity contribution in [2.24, 2.45) is 0 Å². The molecule has 0 fully saturated rings. The van der Waals surface area contributed by atoms with E-state index >= 15 is 0 Å². The molecule has 0 spiro atoms. The number of rotatable bonds is 5. The molecule has 0 amide bonds. The number of hydrogen-bond donors (Lipinski definition) is 1. The maximum Gasteiger partial charge on any atom is 0.307 e. The minimum atomic E-state index is -0.230. The average molecular weight is 286 g/mol. The highest BCUT2D eigenvalue weighted by Crippen LogP contribution is 2.26. The number of hydrogen-bond acceptors (Lipinski definition) is 6. The normalized spacial score (nSPS) is 10.6. The molecule has 2 aromatic heterocycles. The second kappa shape index (κ2) is 5.97. The van der Waals surface area contributed by atoms with Crippen LogP contribution in [0.5, 0.6) is 0 Å². The zero-order chi connectivity index (χ0) is 13.0. The highest BCUT2D eigenvalue weighted by Gasteiger charge is 2.08. The summed E-state index contributed by atoms with van der Waals surface area (Å²) in [6.45, 7) is 2.63. The summed E-state index contributed by atoms with van der Waals surface area (Å²) in [6, 6.07) is 1.92. The Morgan fingerprint density at radius 1 is 1.56 bits per heavy atom. The Kier molecular flexibility index (Phi) is 4.33. The Bertz CT molecular complexity index is 558. The summed E-state index contributed by atoms with van der Waals surface area (Å²) in [6.07, 6.45) is 0.293. The molecule has 0 aliphatic heterocycles. The van der Waals surface area contributed by atoms with Crippen LogP contribution in [-0.4, -0.2) is 29.1 Å². The lowest BCUT2D eigenvalue weighted by atomic mass is 10.3. The van der Waals surface area contributed by atoms with Crippen LogP contribution in [0, 0.1) is 0 Å². The summed E-state index contributed by atoms with van der Waals surface area (Å²) in [5, 5.41) is 6.11. The molecule has 7 heteroatoms. The number of carbonyl (C=O) groups is 1. The third-order valence-corrected chi connectivity index (χ3v) is 3.20. The molecule has 2 aromatic rings. The van der Waals surface area contributed by atoms with Crippen molar-refractivity contribution in [3.05, 3.63) is 16.7 Å². The highest BCUT2D eigenvalue weighted by molar-refractivity contribution is 7.16. The quantitative estimate of drug-likeness (QED) is 0.676. The van der Waals surface area contributed by atoms with Crippen LogP contribution in [0.25, 0.3) is 10.2 Å². The van der Waals surface area contributed by atoms with Gasteiger partial charge in [-0.1, -0.05) is 0 Å². The van der Waals surface area contributed by atoms with Crippen molar-refractivity contribution in [1.29, 1.82) is 0 Å². The monoisotopic (exact) mass is 285 g/mol. The van der Waals surface area contributed by atoms with E-state index in [0.29, 0.717) is 25.4 Å². The predicted octanol–water partition coefficient (Wildman–Crippen LogP) is 2.71. The maximum atomic E-state index is 11.2. The second-order valence-electron chi connectivity index (χ2n) is 3.46. The molecule has 0 bridgehead atoms. The lowest BCUT2D eigenvalue weighted by Crippen LogP contribution is -2.12. The first-order valence-corrected chi connectivity index (χ1v) is 6.76. The van der Waals surface area contributed by atoms with Crippen molar-refractivity contribution >= 4 is 44.9 Å². The van der Waals surface area contributed by atoms with Gasteiger partial charge in [-0.25, -0.2) is 9.97 Å². The number of halogens is 1. The van der Waals surface area contributed by atoms with E-state index in [4.69, 9.17) is 16.3 Å². The molecule has 2 heterocycles. The van der Waals surface area contributed by atoms with Crippen LogP contribution in [0.2, 0.25) is 5.28 Å². The Morgan fingerprint density at radius 2 is 2.39 bits per heavy atom. The summed E-state index contributed by atoms with van der Waals surface area (Å²) in [5.41, 5.74) is 0. The predicted molar refractivity (Wildman–Crippen MR) is 72.2 cm³/mol. The zero-order valence-corrected chi connectivity index (χ0v) is 11.3. The van der Waals surface area contributed by atoms with Crippen molar-refractivity contribution in [2.45, 2.75) is 13.3 Å². The molecule has 0 saturated heterocycles. The number of nitrogens with one attached hydrogen (secondary N) is 1. The average Bonchev–Trinajstić information content (AvgIpc) is 2.77. The summed E-state index contributed by atoms with van der Waals surface area (Å²) < 4.78 is 4.84. The topological polar surface area (TPSA) is 64.1 Å². The van der Waals surface area contributed by atoms with Gasteiger partial charge in [-0.15, -0.1) is 11.3 Å². The van der Waals surface area contributed by atoms with Crippen LogP contribution in [0.15, 0.2) is 11.4 Å². The van der Waals surface area contributed by atoms with Crippen LogP contribution in [0.4, 0.5) is 5.82 Å². The number of anilines is 1. The van der Waals surface area contributed by atoms with E-state index in [1.165, 1.54) is 11.3 Å². The molecule has 0 atom stereocenters. The molecule has 0 unspecified atom stereocenters. The van der Waals surface area contributed by atoms with Crippen molar-refractivity contribution in [3.8, 4) is 0 Å². The minimum absolute atomic E-state index is 0.198. The van der Waals surface area contributed by atoms with Crippen LogP contribution in [0.3, 0.4) is 0 Å². The van der Waals surface area contributed by atoms with Gasteiger partial charge >= 0.3 is 5.97 Å². The molecule has 0 aliphatic carbocycles. The van der Waals surface area contributed by atoms with E-state index < -0.39 is 0 Å². The van der Waals surface area contributed by atoms with E-state index in [1.807, 2.05) is 11.4 Å². The molecule has 18 heavy (non-hydrogen) atoms. The Hall–Kier alpha value is -1.40. The lowest BCUT2D eigenvalue weighted by Gasteiger charge is -2.06. The van der Waals surface area contributed by atoms with Gasteiger partial charge in [0.2, 0.25) is 5.28 Å². The van der Waals surface area contributed by atoms with Crippen molar-refractivity contribution in [3.63, 3.8) is 0 Å². The molecule has 0 aromatic carbocycles. The van der Waals surface area contributed by atoms with E-state index in [1.54, 1.807) is 6.92 Å². The molecular weight excluding hydrogens is 274 g/mol. The summed E-state index contributed by atoms with van der Waals surface area (Å²) in [5.74, 6) is 0.419. The molecule has 0 radical (unpaired) electrons. The first-order chi connectivity index (χ1) is 8.70. The van der Waals surface area contributed by atoms with Crippen LogP contribution in [0.1, 0.15) is 13.3 Å². The maximum absolute atomic E-state index is 11.2. The molecule has 96 valence electrons. The van der Waals surface area contributed by atoms with Gasteiger partial charge in [-0.3, -0.25) is 4.79 Å². The Balaban J connectivity index is 2.03. The molecule has 2 rings (SSSR count). The Labute approximate surface area is 113 Å². The van der Waals surface area contributed by atoms with Crippen molar-refractivity contribution in [1.82, 2.24) is 9.97 Å². The molecular formula is C11H12ClN3O2S. The standard InChI is InChI=1S/C11H12ClN3O2S/c1-2-17-8(16)3-5-13-9-7-4-6-18-10(7)15-11(12)14-9/h4,6H,2-3,5H2,1H3,(H,13,14,15). The molecule has 1 N–H and O–H groups in total. The van der Waals surface area contributed by atoms with Gasteiger partial charge in [0.15, 0.2) is 0 Å². The Morgan fingerprint density at radius 3 is 3.17 bits per heavy atom. The third kappa shape index (κ3) is 3.08. The fraction of sp³-hybridized carbons (Fsp3) is 0.364. The van der Waals surface area contributed by atoms with Gasteiger partial charge in [-0.05, 0) is 30.0 Å². The van der Waals surface area contributed by atoms with Gasteiger partial charge in [0.1, 0.15) is 10.6 Å². The van der Waals surface area contributed by atoms with Crippen molar-refractivity contribution in [2.75, 3.05) is 18.5 Å². The lowest BCUT2D eigenvalue weighted by molar-refractivity contribution is -0.142. The van der Waals surface area contributed by atoms with Crippen LogP contribution < -0.4 is 5.32 Å². The molecule has 5 nitrogen and oxygen atoms in total. The summed E-state index contributed by atoms with van der Waals surface area (Å²) in [7, 11) is 0. The van der Waals surface area contributed by atoms with Gasteiger partial charge < -0.3 is 10.1 Å². The largest absolute Gasteiger partial charge is 0.466 e. The fourth-order valence-corrected chi connectivity index (χ4v) is 2.46. The van der Waals surface area contributed by atoms with E-state index in [-0.39, 0.29) is 11.3 Å². The fourth-order valence-electron chi connectivity index (χ4n) is 1.48. The number of fused-ring (bicyclic) bond motifs is 1. The number of thiophene rings is 1. The zero-order valence-electron chi connectivity index (χ0n) is 9.77.